The number of pyridine rings is 2. The Bertz CT molecular complexity index is 3930. The summed E-state index contributed by atoms with van der Waals surface area (Å²) in [4.78, 5) is 81.8. The lowest BCUT2D eigenvalue weighted by Gasteiger charge is -2.34. The summed E-state index contributed by atoms with van der Waals surface area (Å²) in [6, 6.07) is 14.9. The number of aromatic nitrogens is 9. The lowest BCUT2D eigenvalue weighted by Crippen LogP contribution is -2.50. The molecule has 1 saturated heterocycles. The minimum atomic E-state index is -1.19. The number of aromatic amines is 1. The Hall–Kier alpha value is -9.41. The number of nitrogen functional groups attached to an aromatic ring is 1. The number of halogens is 3. The number of benzene rings is 3. The van der Waals surface area contributed by atoms with Crippen molar-refractivity contribution in [1.82, 2.24) is 55.1 Å². The fraction of sp³-hybridized carbons (Fsp3) is 0.387. The van der Waals surface area contributed by atoms with Crippen molar-refractivity contribution in [2.45, 2.75) is 51.9 Å². The Morgan fingerprint density at radius 1 is 0.815 bits per heavy atom. The quantitative estimate of drug-likeness (QED) is 0.0218. The number of hydrogen-bond acceptors (Lipinski definition) is 21. The average Bonchev–Trinajstić information content (AvgIpc) is 0.828. The van der Waals surface area contributed by atoms with Gasteiger partial charge < -0.3 is 64.4 Å². The summed E-state index contributed by atoms with van der Waals surface area (Å²) in [5.41, 5.74) is 9.29. The molecule has 6 N–H and O–H groups in total. The highest BCUT2D eigenvalue weighted by Gasteiger charge is 2.26. The Kier molecular flexibility index (Phi) is 24.1. The van der Waals surface area contributed by atoms with Gasteiger partial charge in [0.15, 0.2) is 11.5 Å². The molecule has 1 aliphatic rings. The van der Waals surface area contributed by atoms with E-state index in [0.29, 0.717) is 137 Å². The SMILES string of the molecule is [C-]#[N+]c1ccc(F)c([C@@H](C)Nc2c(Cl)c(C)nc3cc(F)c(-c4cnc(N5CCN(C(=O)COCCOCCOCCOCCOCCOCCn6cc(CC[C@H](NC(=O)c7ccc(OCc8ccc9nc(N)[nH]c(=O)c9c8)cc7)C(=O)O)nn6)CC5)nc4)nc23)c1. The van der Waals surface area contributed by atoms with E-state index in [-0.39, 0.29) is 95.2 Å². The number of anilines is 3. The first kappa shape index (κ1) is 67.0. The Morgan fingerprint density at radius 2 is 1.48 bits per heavy atom. The van der Waals surface area contributed by atoms with Crippen molar-refractivity contribution in [2.24, 2.45) is 0 Å². The summed E-state index contributed by atoms with van der Waals surface area (Å²) >= 11 is 6.71. The third-order valence-electron chi connectivity index (χ3n) is 14.5. The number of amides is 2. The van der Waals surface area contributed by atoms with Crippen LogP contribution < -0.4 is 31.6 Å². The van der Waals surface area contributed by atoms with E-state index in [1.165, 1.54) is 48.8 Å². The number of rotatable bonds is 34. The maximum atomic E-state index is 15.6. The van der Waals surface area contributed by atoms with Crippen LogP contribution in [0.25, 0.3) is 38.0 Å². The van der Waals surface area contributed by atoms with Gasteiger partial charge in [-0.3, -0.25) is 19.4 Å². The number of carboxylic acid groups (broad SMARTS) is 1. The molecule has 0 saturated carbocycles. The summed E-state index contributed by atoms with van der Waals surface area (Å²) in [5, 5.41) is 24.4. The maximum absolute atomic E-state index is 15.6. The van der Waals surface area contributed by atoms with Crippen LogP contribution in [0.3, 0.4) is 0 Å². The molecule has 0 spiro atoms. The van der Waals surface area contributed by atoms with Crippen LogP contribution in [0.2, 0.25) is 5.02 Å². The van der Waals surface area contributed by atoms with E-state index in [0.717, 1.165) is 5.56 Å². The molecule has 2 amide bonds. The van der Waals surface area contributed by atoms with Crippen LogP contribution in [0.5, 0.6) is 5.75 Å². The number of hydrogen-bond donors (Lipinski definition) is 5. The molecule has 8 aromatic rings. The highest BCUT2D eigenvalue weighted by atomic mass is 35.5. The fourth-order valence-corrected chi connectivity index (χ4v) is 9.80. The predicted molar refractivity (Wildman–Crippen MR) is 333 cm³/mol. The van der Waals surface area contributed by atoms with Crippen molar-refractivity contribution in [3.8, 4) is 17.0 Å². The number of aryl methyl sites for hydroxylation is 2. The number of fused-ring (bicyclic) bond motifs is 2. The van der Waals surface area contributed by atoms with Gasteiger partial charge in [-0.05, 0) is 86.3 Å². The third-order valence-corrected chi connectivity index (χ3v) is 15.0. The van der Waals surface area contributed by atoms with Crippen molar-refractivity contribution in [2.75, 3.05) is 121 Å². The number of nitrogens with one attached hydrogen (secondary N) is 3. The van der Waals surface area contributed by atoms with Crippen molar-refractivity contribution in [1.29, 1.82) is 0 Å². The zero-order chi connectivity index (χ0) is 64.9. The van der Waals surface area contributed by atoms with Gasteiger partial charge in [-0.25, -0.2) is 48.0 Å². The van der Waals surface area contributed by atoms with Crippen LogP contribution in [0.1, 0.15) is 52.3 Å². The highest BCUT2D eigenvalue weighted by Crippen LogP contribution is 2.37. The first-order valence-corrected chi connectivity index (χ1v) is 29.8. The molecule has 0 unspecified atom stereocenters. The molecular formula is C62H68ClF2N15O12. The fourth-order valence-electron chi connectivity index (χ4n) is 9.61. The topological polar surface area (TPSA) is 325 Å². The van der Waals surface area contributed by atoms with Crippen LogP contribution in [0.15, 0.2) is 90.1 Å². The molecule has 30 heteroatoms. The van der Waals surface area contributed by atoms with Gasteiger partial charge in [-0.2, -0.15) is 0 Å². The molecule has 0 bridgehead atoms. The predicted octanol–water partition coefficient (Wildman–Crippen LogP) is 6.30. The van der Waals surface area contributed by atoms with Gasteiger partial charge in [0.25, 0.3) is 11.5 Å². The van der Waals surface area contributed by atoms with Gasteiger partial charge in [-0.15, -0.1) is 5.10 Å². The van der Waals surface area contributed by atoms with Crippen molar-refractivity contribution in [3.05, 3.63) is 152 Å². The molecule has 6 heterocycles. The molecule has 3 aromatic carbocycles. The number of nitrogens with zero attached hydrogens (tertiary/aromatic N) is 11. The minimum Gasteiger partial charge on any atom is -0.489 e. The first-order valence-electron chi connectivity index (χ1n) is 29.5. The molecule has 484 valence electrons. The smallest absolute Gasteiger partial charge is 0.326 e. The summed E-state index contributed by atoms with van der Waals surface area (Å²) in [5.74, 6) is -2.15. The van der Waals surface area contributed by atoms with Gasteiger partial charge in [0, 0.05) is 62.0 Å². The Morgan fingerprint density at radius 3 is 2.14 bits per heavy atom. The first-order chi connectivity index (χ1) is 44.6. The van der Waals surface area contributed by atoms with E-state index in [2.05, 4.69) is 55.7 Å². The van der Waals surface area contributed by atoms with Gasteiger partial charge >= 0.3 is 5.97 Å². The second kappa shape index (κ2) is 33.1. The van der Waals surface area contributed by atoms with Gasteiger partial charge in [0.2, 0.25) is 17.8 Å². The van der Waals surface area contributed by atoms with Gasteiger partial charge in [0.05, 0.1) is 130 Å². The van der Waals surface area contributed by atoms with Crippen molar-refractivity contribution < 1.29 is 61.4 Å². The van der Waals surface area contributed by atoms with Crippen LogP contribution in [0.4, 0.5) is 32.1 Å². The minimum absolute atomic E-state index is 0.0291. The number of carboxylic acids is 1. The zero-order valence-electron chi connectivity index (χ0n) is 50.4. The third kappa shape index (κ3) is 18.6. The molecule has 1 aliphatic heterocycles. The van der Waals surface area contributed by atoms with E-state index in [9.17, 15) is 28.7 Å². The van der Waals surface area contributed by atoms with E-state index in [1.807, 2.05) is 4.90 Å². The number of carbonyl (C=O) groups is 3. The normalized spacial score (nSPS) is 13.1. The second-order valence-electron chi connectivity index (χ2n) is 21.0. The number of carbonyl (C=O) groups excluding carboxylic acids is 2. The summed E-state index contributed by atoms with van der Waals surface area (Å²) in [6.07, 6.45) is 4.99. The van der Waals surface area contributed by atoms with Crippen LogP contribution in [-0.4, -0.2) is 184 Å². The standard InChI is InChI=1S/C62H68ClF2N15O12/c1-38(46-31-43(67-3)7-11-48(46)64)71-57-54(63)39(2)70-52-32-49(65)55(74-56(52)57)42-33-68-62(69-34-42)79-16-14-78(15-17-79)53(81)37-91-29-28-90-27-26-89-25-24-88-23-22-87-21-20-86-19-18-80-35-44(76-77-80)8-13-51(60(84)85)72-58(82)41-5-9-45(10-6-41)92-36-40-4-12-50-47(30-40)59(83)75-61(66)73-50/h4-7,9-12,30-35,38,51H,8,13-29,36-37H2,1-2H3,(H,70,71)(H,72,82)(H,84,85)(H3,66,73,75,83)/t38-,51+/m1/s1. The summed E-state index contributed by atoms with van der Waals surface area (Å²) in [6.45, 7) is 16.8. The molecule has 92 heavy (non-hydrogen) atoms. The molecule has 0 radical (unpaired) electrons. The number of nitrogens with two attached hydrogens (primary N) is 1. The molecule has 0 aliphatic carbocycles. The number of ether oxygens (including phenoxy) is 7. The lowest BCUT2D eigenvalue weighted by atomic mass is 10.1. The van der Waals surface area contributed by atoms with E-state index < -0.39 is 35.6 Å². The molecular weight excluding hydrogens is 1220 g/mol. The number of aliphatic carboxylic acids is 1. The van der Waals surface area contributed by atoms with Crippen molar-refractivity contribution >= 4 is 74.6 Å². The van der Waals surface area contributed by atoms with E-state index >= 15 is 4.39 Å². The van der Waals surface area contributed by atoms with Crippen molar-refractivity contribution in [3.63, 3.8) is 0 Å². The molecule has 1 fully saturated rings. The van der Waals surface area contributed by atoms with Crippen LogP contribution >= 0.6 is 11.6 Å². The summed E-state index contributed by atoms with van der Waals surface area (Å²) in [7, 11) is 0. The highest BCUT2D eigenvalue weighted by molar-refractivity contribution is 6.35. The van der Waals surface area contributed by atoms with E-state index in [1.54, 1.807) is 60.0 Å². The zero-order valence-corrected chi connectivity index (χ0v) is 51.2. The van der Waals surface area contributed by atoms with Crippen LogP contribution in [0, 0.1) is 25.1 Å². The lowest BCUT2D eigenvalue weighted by molar-refractivity contribution is -0.139. The molecule has 2 atom stereocenters. The Balaban J connectivity index is 0.556. The van der Waals surface area contributed by atoms with Crippen LogP contribution in [-0.2, 0) is 57.6 Å². The van der Waals surface area contributed by atoms with Gasteiger partial charge in [0.1, 0.15) is 42.0 Å². The second-order valence-corrected chi connectivity index (χ2v) is 21.4. The largest absolute Gasteiger partial charge is 0.489 e. The van der Waals surface area contributed by atoms with E-state index in [4.69, 9.17) is 57.1 Å². The molecule has 27 nitrogen and oxygen atoms in total. The number of piperazine rings is 1. The molecule has 9 rings (SSSR count). The maximum Gasteiger partial charge on any atom is 0.326 e. The average molecular weight is 1290 g/mol. The number of H-pyrrole nitrogens is 1. The molecule has 5 aromatic heterocycles. The Labute approximate surface area is 531 Å². The monoisotopic (exact) mass is 1290 g/mol. The summed E-state index contributed by atoms with van der Waals surface area (Å²) < 4.78 is 71.4. The van der Waals surface area contributed by atoms with Gasteiger partial charge in [-0.1, -0.05) is 28.9 Å².